The molecule has 25 heavy (non-hydrogen) atoms. The summed E-state index contributed by atoms with van der Waals surface area (Å²) < 4.78 is 32.5. The molecule has 1 aromatic carbocycles. The minimum atomic E-state index is -4.02. The Hall–Kier alpha value is -2.39. The van der Waals surface area contributed by atoms with Crippen LogP contribution in [0.3, 0.4) is 0 Å². The molecule has 1 saturated heterocycles. The summed E-state index contributed by atoms with van der Waals surface area (Å²) in [7, 11) is -4.02. The van der Waals surface area contributed by atoms with Crippen molar-refractivity contribution in [1.29, 1.82) is 0 Å². The van der Waals surface area contributed by atoms with E-state index >= 15 is 0 Å². The number of hydrogen-bond acceptors (Lipinski definition) is 5. The van der Waals surface area contributed by atoms with E-state index in [1.165, 1.54) is 4.31 Å². The molecule has 1 aromatic heterocycles. The summed E-state index contributed by atoms with van der Waals surface area (Å²) in [6, 6.07) is 6.91. The average Bonchev–Trinajstić information content (AvgIpc) is 3.06. The molecular weight excluding hydrogens is 346 g/mol. The van der Waals surface area contributed by atoms with Crippen molar-refractivity contribution in [2.75, 3.05) is 13.2 Å². The van der Waals surface area contributed by atoms with Gasteiger partial charge < -0.3 is 9.72 Å². The van der Waals surface area contributed by atoms with Crippen LogP contribution in [0.1, 0.15) is 31.4 Å². The Bertz CT molecular complexity index is 962. The molecule has 0 saturated carbocycles. The van der Waals surface area contributed by atoms with Gasteiger partial charge in [0, 0.05) is 12.7 Å². The van der Waals surface area contributed by atoms with Crippen LogP contribution in [-0.2, 0) is 10.0 Å². The second-order valence-corrected chi connectivity index (χ2v) is 7.57. The van der Waals surface area contributed by atoms with E-state index in [0.29, 0.717) is 26.0 Å². The van der Waals surface area contributed by atoms with Crippen molar-refractivity contribution in [3.05, 3.63) is 56.9 Å². The Morgan fingerprint density at radius 3 is 2.60 bits per heavy atom. The number of sulfonamides is 1. The molecule has 1 aliphatic rings. The molecule has 2 aromatic rings. The molecule has 1 unspecified atom stereocenters. The Kier molecular flexibility index (Phi) is 4.78. The number of rotatable bonds is 5. The third-order valence-electron chi connectivity index (χ3n) is 4.15. The lowest BCUT2D eigenvalue weighted by Gasteiger charge is -2.24. The van der Waals surface area contributed by atoms with E-state index in [1.807, 2.05) is 24.0 Å². The van der Waals surface area contributed by atoms with Crippen molar-refractivity contribution >= 4 is 10.0 Å². The molecule has 9 heteroatoms. The second kappa shape index (κ2) is 6.85. The molecule has 3 rings (SSSR count). The number of H-pyrrole nitrogens is 2. The van der Waals surface area contributed by atoms with Gasteiger partial charge >= 0.3 is 5.69 Å². The van der Waals surface area contributed by atoms with E-state index in [9.17, 15) is 18.0 Å². The van der Waals surface area contributed by atoms with Crippen molar-refractivity contribution in [2.45, 2.75) is 30.7 Å². The van der Waals surface area contributed by atoms with Crippen LogP contribution >= 0.6 is 0 Å². The Morgan fingerprint density at radius 2 is 1.96 bits per heavy atom. The molecule has 134 valence electrons. The molecule has 1 fully saturated rings. The second-order valence-electron chi connectivity index (χ2n) is 5.71. The molecule has 2 N–H and O–H groups in total. The largest absolute Gasteiger partial charge is 0.494 e. The number of aromatic amines is 2. The fourth-order valence-corrected chi connectivity index (χ4v) is 4.71. The maximum atomic E-state index is 12.9. The van der Waals surface area contributed by atoms with Crippen molar-refractivity contribution in [2.24, 2.45) is 0 Å². The van der Waals surface area contributed by atoms with Gasteiger partial charge in [-0.3, -0.25) is 9.78 Å². The maximum absolute atomic E-state index is 12.9. The van der Waals surface area contributed by atoms with Gasteiger partial charge in [-0.2, -0.15) is 4.31 Å². The molecule has 0 amide bonds. The van der Waals surface area contributed by atoms with Gasteiger partial charge in [0.05, 0.1) is 12.6 Å². The van der Waals surface area contributed by atoms with Gasteiger partial charge in [0.15, 0.2) is 4.90 Å². The molecule has 1 aliphatic heterocycles. The lowest BCUT2D eigenvalue weighted by molar-refractivity contribution is 0.339. The predicted octanol–water partition coefficient (Wildman–Crippen LogP) is 0.988. The monoisotopic (exact) mass is 365 g/mol. The smallest absolute Gasteiger partial charge is 0.325 e. The van der Waals surface area contributed by atoms with Gasteiger partial charge in [0.2, 0.25) is 0 Å². The third-order valence-corrected chi connectivity index (χ3v) is 6.06. The first-order chi connectivity index (χ1) is 11.9. The third kappa shape index (κ3) is 3.38. The van der Waals surface area contributed by atoms with E-state index in [0.717, 1.165) is 17.5 Å². The van der Waals surface area contributed by atoms with Gasteiger partial charge in [-0.15, -0.1) is 0 Å². The van der Waals surface area contributed by atoms with Crippen LogP contribution in [0.25, 0.3) is 0 Å². The minimum Gasteiger partial charge on any atom is -0.494 e. The average molecular weight is 365 g/mol. The summed E-state index contributed by atoms with van der Waals surface area (Å²) in [6.07, 6.45) is 2.30. The standard InChI is InChI=1S/C16H19N3O5S/c1-2-24-12-7-5-11(6-8-12)13-4-3-9-19(13)25(22,23)14-10-17-16(21)18-15(14)20/h5-8,10,13H,2-4,9H2,1H3,(H2,17,18,20,21). The van der Waals surface area contributed by atoms with Gasteiger partial charge in [-0.25, -0.2) is 13.2 Å². The number of nitrogens with zero attached hydrogens (tertiary/aromatic N) is 1. The summed E-state index contributed by atoms with van der Waals surface area (Å²) in [5.41, 5.74) is -0.820. The Labute approximate surface area is 144 Å². The van der Waals surface area contributed by atoms with E-state index in [-0.39, 0.29) is 6.04 Å². The first kappa shape index (κ1) is 17.4. The number of aromatic nitrogens is 2. The number of benzene rings is 1. The fraction of sp³-hybridized carbons (Fsp3) is 0.375. The highest BCUT2D eigenvalue weighted by Crippen LogP contribution is 2.36. The zero-order chi connectivity index (χ0) is 18.0. The Morgan fingerprint density at radius 1 is 1.24 bits per heavy atom. The Balaban J connectivity index is 1.95. The van der Waals surface area contributed by atoms with Crippen molar-refractivity contribution < 1.29 is 13.2 Å². The summed E-state index contributed by atoms with van der Waals surface area (Å²) >= 11 is 0. The lowest BCUT2D eigenvalue weighted by atomic mass is 10.1. The quantitative estimate of drug-likeness (QED) is 0.820. The van der Waals surface area contributed by atoms with Gasteiger partial charge in [-0.1, -0.05) is 12.1 Å². The summed E-state index contributed by atoms with van der Waals surface area (Å²) in [6.45, 7) is 2.76. The fourth-order valence-electron chi connectivity index (χ4n) is 3.03. The minimum absolute atomic E-state index is 0.318. The molecule has 8 nitrogen and oxygen atoms in total. The van der Waals surface area contributed by atoms with Crippen molar-refractivity contribution in [1.82, 2.24) is 14.3 Å². The normalized spacial score (nSPS) is 18.4. The van der Waals surface area contributed by atoms with E-state index < -0.39 is 26.2 Å². The number of nitrogens with one attached hydrogen (secondary N) is 2. The molecule has 0 radical (unpaired) electrons. The van der Waals surface area contributed by atoms with Gasteiger partial charge in [0.25, 0.3) is 15.6 Å². The van der Waals surface area contributed by atoms with Crippen LogP contribution in [0.15, 0.2) is 44.9 Å². The van der Waals surface area contributed by atoms with E-state index in [2.05, 4.69) is 4.98 Å². The van der Waals surface area contributed by atoms with Gasteiger partial charge in [0.1, 0.15) is 5.75 Å². The molecule has 0 spiro atoms. The molecule has 0 bridgehead atoms. The van der Waals surface area contributed by atoms with Crippen LogP contribution in [0.5, 0.6) is 5.75 Å². The molecule has 1 atom stereocenters. The number of hydrogen-bond donors (Lipinski definition) is 2. The molecular formula is C16H19N3O5S. The maximum Gasteiger partial charge on any atom is 0.325 e. The summed E-state index contributed by atoms with van der Waals surface area (Å²) in [5.74, 6) is 0.718. The predicted molar refractivity (Wildman–Crippen MR) is 91.2 cm³/mol. The van der Waals surface area contributed by atoms with Crippen LogP contribution < -0.4 is 16.0 Å². The van der Waals surface area contributed by atoms with Gasteiger partial charge in [-0.05, 0) is 37.5 Å². The first-order valence-corrected chi connectivity index (χ1v) is 9.44. The van der Waals surface area contributed by atoms with E-state index in [1.54, 1.807) is 12.1 Å². The van der Waals surface area contributed by atoms with Crippen molar-refractivity contribution in [3.63, 3.8) is 0 Å². The van der Waals surface area contributed by atoms with Crippen LogP contribution in [-0.4, -0.2) is 35.8 Å². The molecule has 0 aliphatic carbocycles. The van der Waals surface area contributed by atoms with Crippen LogP contribution in [0, 0.1) is 0 Å². The van der Waals surface area contributed by atoms with Crippen LogP contribution in [0.2, 0.25) is 0 Å². The summed E-state index contributed by atoms with van der Waals surface area (Å²) in [4.78, 5) is 26.8. The molecule has 2 heterocycles. The highest BCUT2D eigenvalue weighted by atomic mass is 32.2. The van der Waals surface area contributed by atoms with Crippen LogP contribution in [0.4, 0.5) is 0 Å². The summed E-state index contributed by atoms with van der Waals surface area (Å²) in [5, 5.41) is 0. The lowest BCUT2D eigenvalue weighted by Crippen LogP contribution is -2.36. The zero-order valence-corrected chi connectivity index (χ0v) is 14.5. The first-order valence-electron chi connectivity index (χ1n) is 8.00. The zero-order valence-electron chi connectivity index (χ0n) is 13.7. The van der Waals surface area contributed by atoms with E-state index in [4.69, 9.17) is 4.74 Å². The van der Waals surface area contributed by atoms with Crippen molar-refractivity contribution in [3.8, 4) is 5.75 Å². The SMILES string of the molecule is CCOc1ccc(C2CCCN2S(=O)(=O)c2c[nH]c(=O)[nH]c2=O)cc1. The highest BCUT2D eigenvalue weighted by molar-refractivity contribution is 7.89. The highest BCUT2D eigenvalue weighted by Gasteiger charge is 2.37. The topological polar surface area (TPSA) is 112 Å². The number of ether oxygens (including phenoxy) is 1.